The fourth-order valence-corrected chi connectivity index (χ4v) is 1.80. The zero-order valence-corrected chi connectivity index (χ0v) is 10.9. The predicted octanol–water partition coefficient (Wildman–Crippen LogP) is 3.72. The van der Waals surface area contributed by atoms with Crippen LogP contribution in [0, 0.1) is 32.6 Å². The first-order chi connectivity index (χ1) is 8.56. The average Bonchev–Trinajstić information content (AvgIpc) is 2.35. The molecule has 0 aliphatic carbocycles. The second kappa shape index (κ2) is 4.98. The van der Waals surface area contributed by atoms with E-state index in [4.69, 9.17) is 0 Å². The van der Waals surface area contributed by atoms with E-state index in [1.807, 2.05) is 12.1 Å². The van der Waals surface area contributed by atoms with Gasteiger partial charge in [-0.05, 0) is 73.9 Å². The lowest BCUT2D eigenvalue weighted by atomic mass is 10.0. The van der Waals surface area contributed by atoms with Crippen molar-refractivity contribution in [2.45, 2.75) is 20.8 Å². The van der Waals surface area contributed by atoms with Crippen LogP contribution in [0.15, 0.2) is 36.4 Å². The molecule has 0 aliphatic heterocycles. The van der Waals surface area contributed by atoms with Crippen LogP contribution >= 0.6 is 0 Å². The van der Waals surface area contributed by atoms with Crippen molar-refractivity contribution in [1.82, 2.24) is 0 Å². The second-order valence-electron chi connectivity index (χ2n) is 4.53. The summed E-state index contributed by atoms with van der Waals surface area (Å²) in [6.45, 7) is 6.34. The van der Waals surface area contributed by atoms with Gasteiger partial charge in [-0.25, -0.2) is 0 Å². The fourth-order valence-electron chi connectivity index (χ4n) is 1.80. The van der Waals surface area contributed by atoms with Crippen LogP contribution in [0.3, 0.4) is 0 Å². The van der Waals surface area contributed by atoms with Crippen LogP contribution in [0.5, 0.6) is 5.75 Å². The molecule has 0 unspecified atom stereocenters. The first kappa shape index (κ1) is 12.3. The normalized spacial score (nSPS) is 9.72. The number of benzene rings is 2. The van der Waals surface area contributed by atoms with E-state index in [-0.39, 0.29) is 5.75 Å². The van der Waals surface area contributed by atoms with Gasteiger partial charge >= 0.3 is 0 Å². The van der Waals surface area contributed by atoms with E-state index in [2.05, 4.69) is 44.7 Å². The molecule has 0 radical (unpaired) electrons. The van der Waals surface area contributed by atoms with E-state index < -0.39 is 0 Å². The largest absolute Gasteiger partial charge is 0.508 e. The molecular weight excluding hydrogens is 220 g/mol. The fraction of sp³-hybridized carbons (Fsp3) is 0.176. The van der Waals surface area contributed by atoms with E-state index in [9.17, 15) is 5.11 Å². The third-order valence-electron chi connectivity index (χ3n) is 3.15. The molecule has 0 atom stereocenters. The molecule has 0 bridgehead atoms. The predicted molar refractivity (Wildman–Crippen MR) is 74.7 cm³/mol. The highest BCUT2D eigenvalue weighted by molar-refractivity contribution is 5.48. The Morgan fingerprint density at radius 3 is 1.83 bits per heavy atom. The maximum atomic E-state index is 9.20. The highest BCUT2D eigenvalue weighted by atomic mass is 16.3. The van der Waals surface area contributed by atoms with Crippen LogP contribution in [0.2, 0.25) is 0 Å². The van der Waals surface area contributed by atoms with Crippen molar-refractivity contribution < 1.29 is 5.11 Å². The lowest BCUT2D eigenvalue weighted by Gasteiger charge is -2.04. The lowest BCUT2D eigenvalue weighted by molar-refractivity contribution is 0.475. The summed E-state index contributed by atoms with van der Waals surface area (Å²) in [7, 11) is 0. The Morgan fingerprint density at radius 1 is 0.778 bits per heavy atom. The highest BCUT2D eigenvalue weighted by Crippen LogP contribution is 2.15. The number of phenolic OH excluding ortho intramolecular Hbond substituents is 1. The number of aromatic hydroxyl groups is 1. The Bertz CT molecular complexity index is 602. The van der Waals surface area contributed by atoms with Crippen molar-refractivity contribution in [2.24, 2.45) is 0 Å². The monoisotopic (exact) mass is 236 g/mol. The standard InChI is InChI=1S/C17H16O/c1-12-10-16(11-13(2)14(12)3)5-4-15-6-8-17(18)9-7-15/h6-11,18H,1-3H3. The molecular formula is C17H16O. The minimum absolute atomic E-state index is 0.266. The third-order valence-corrected chi connectivity index (χ3v) is 3.15. The summed E-state index contributed by atoms with van der Waals surface area (Å²) in [6, 6.07) is 11.1. The molecule has 2 rings (SSSR count). The Balaban J connectivity index is 2.33. The van der Waals surface area contributed by atoms with E-state index in [1.54, 1.807) is 12.1 Å². The Morgan fingerprint density at radius 2 is 1.28 bits per heavy atom. The van der Waals surface area contributed by atoms with E-state index in [0.717, 1.165) is 11.1 Å². The van der Waals surface area contributed by atoms with Crippen LogP contribution < -0.4 is 0 Å². The molecule has 0 saturated heterocycles. The van der Waals surface area contributed by atoms with Gasteiger partial charge in [0.05, 0.1) is 0 Å². The van der Waals surface area contributed by atoms with E-state index in [1.165, 1.54) is 16.7 Å². The minimum Gasteiger partial charge on any atom is -0.508 e. The molecule has 0 spiro atoms. The molecule has 18 heavy (non-hydrogen) atoms. The molecule has 0 heterocycles. The molecule has 2 aromatic carbocycles. The van der Waals surface area contributed by atoms with Gasteiger partial charge in [0.1, 0.15) is 5.75 Å². The Hall–Kier alpha value is -2.20. The average molecular weight is 236 g/mol. The molecule has 0 amide bonds. The van der Waals surface area contributed by atoms with Gasteiger partial charge in [0, 0.05) is 11.1 Å². The molecule has 1 heteroatoms. The van der Waals surface area contributed by atoms with Crippen molar-refractivity contribution in [3.63, 3.8) is 0 Å². The number of phenols is 1. The van der Waals surface area contributed by atoms with Gasteiger partial charge in [0.15, 0.2) is 0 Å². The Kier molecular flexibility index (Phi) is 3.39. The van der Waals surface area contributed by atoms with Crippen molar-refractivity contribution in [1.29, 1.82) is 0 Å². The van der Waals surface area contributed by atoms with Crippen molar-refractivity contribution >= 4 is 0 Å². The SMILES string of the molecule is Cc1cc(C#Cc2ccc(O)cc2)cc(C)c1C. The maximum absolute atomic E-state index is 9.20. The summed E-state index contributed by atoms with van der Waals surface area (Å²) in [5.74, 6) is 6.52. The zero-order chi connectivity index (χ0) is 13.1. The van der Waals surface area contributed by atoms with E-state index >= 15 is 0 Å². The summed E-state index contributed by atoms with van der Waals surface area (Å²) in [6.07, 6.45) is 0. The molecule has 0 fully saturated rings. The van der Waals surface area contributed by atoms with Gasteiger partial charge in [0.25, 0.3) is 0 Å². The zero-order valence-electron chi connectivity index (χ0n) is 10.9. The number of aryl methyl sites for hydroxylation is 2. The quantitative estimate of drug-likeness (QED) is 0.691. The number of hydrogen-bond donors (Lipinski definition) is 1. The highest BCUT2D eigenvalue weighted by Gasteiger charge is 1.98. The maximum Gasteiger partial charge on any atom is 0.115 e. The second-order valence-corrected chi connectivity index (χ2v) is 4.53. The van der Waals surface area contributed by atoms with Crippen LogP contribution in [-0.2, 0) is 0 Å². The van der Waals surface area contributed by atoms with Crippen LogP contribution in [0.25, 0.3) is 0 Å². The van der Waals surface area contributed by atoms with Gasteiger partial charge in [-0.2, -0.15) is 0 Å². The summed E-state index contributed by atoms with van der Waals surface area (Å²) >= 11 is 0. The van der Waals surface area contributed by atoms with E-state index in [0.29, 0.717) is 0 Å². The van der Waals surface area contributed by atoms with Gasteiger partial charge in [-0.1, -0.05) is 11.8 Å². The molecule has 0 saturated carbocycles. The lowest BCUT2D eigenvalue weighted by Crippen LogP contribution is -1.88. The summed E-state index contributed by atoms with van der Waals surface area (Å²) in [5.41, 5.74) is 5.80. The third kappa shape index (κ3) is 2.73. The number of hydrogen-bond acceptors (Lipinski definition) is 1. The summed E-state index contributed by atoms with van der Waals surface area (Å²) in [5, 5.41) is 9.20. The topological polar surface area (TPSA) is 20.2 Å². The summed E-state index contributed by atoms with van der Waals surface area (Å²) in [4.78, 5) is 0. The molecule has 1 N–H and O–H groups in total. The van der Waals surface area contributed by atoms with Gasteiger partial charge in [-0.3, -0.25) is 0 Å². The number of rotatable bonds is 0. The molecule has 1 nitrogen and oxygen atoms in total. The molecule has 0 aromatic heterocycles. The van der Waals surface area contributed by atoms with Gasteiger partial charge in [0.2, 0.25) is 0 Å². The minimum atomic E-state index is 0.266. The van der Waals surface area contributed by atoms with Gasteiger partial charge in [-0.15, -0.1) is 0 Å². The first-order valence-corrected chi connectivity index (χ1v) is 5.95. The molecule has 2 aromatic rings. The van der Waals surface area contributed by atoms with Gasteiger partial charge < -0.3 is 5.11 Å². The first-order valence-electron chi connectivity index (χ1n) is 5.95. The van der Waals surface area contributed by atoms with Crippen LogP contribution in [0.1, 0.15) is 27.8 Å². The van der Waals surface area contributed by atoms with Crippen molar-refractivity contribution in [2.75, 3.05) is 0 Å². The van der Waals surface area contributed by atoms with Crippen LogP contribution in [0.4, 0.5) is 0 Å². The Labute approximate surface area is 108 Å². The van der Waals surface area contributed by atoms with Crippen molar-refractivity contribution in [3.8, 4) is 17.6 Å². The molecule has 0 aliphatic rings. The molecule has 90 valence electrons. The van der Waals surface area contributed by atoms with Crippen molar-refractivity contribution in [3.05, 3.63) is 64.2 Å². The summed E-state index contributed by atoms with van der Waals surface area (Å²) < 4.78 is 0. The smallest absolute Gasteiger partial charge is 0.115 e. The van der Waals surface area contributed by atoms with Crippen LogP contribution in [-0.4, -0.2) is 5.11 Å².